The molecule has 0 atom stereocenters. The summed E-state index contributed by atoms with van der Waals surface area (Å²) in [6.07, 6.45) is 2.18. The molecule has 0 saturated carbocycles. The highest BCUT2D eigenvalue weighted by atomic mass is 79.9. The highest BCUT2D eigenvalue weighted by Crippen LogP contribution is 2.29. The van der Waals surface area contributed by atoms with Gasteiger partial charge in [-0.3, -0.25) is 0 Å². The second-order valence-corrected chi connectivity index (χ2v) is 4.60. The van der Waals surface area contributed by atoms with E-state index in [1.807, 2.05) is 18.2 Å². The minimum absolute atomic E-state index is 0.724. The lowest BCUT2D eigenvalue weighted by atomic mass is 10.3. The highest BCUT2D eigenvalue weighted by molar-refractivity contribution is 9.10. The van der Waals surface area contributed by atoms with Crippen molar-refractivity contribution in [3.63, 3.8) is 0 Å². The maximum absolute atomic E-state index is 5.67. The predicted molar refractivity (Wildman–Crippen MR) is 74.0 cm³/mol. The van der Waals surface area contributed by atoms with E-state index < -0.39 is 0 Å². The number of ether oxygens (including phenoxy) is 2. The molecule has 0 radical (unpaired) electrons. The lowest BCUT2D eigenvalue weighted by molar-refractivity contribution is 0.305. The van der Waals surface area contributed by atoms with Gasteiger partial charge in [0.05, 0.1) is 18.2 Å². The summed E-state index contributed by atoms with van der Waals surface area (Å²) in [7, 11) is 1.65. The molecular formula is C13H20BrNO2. The van der Waals surface area contributed by atoms with Gasteiger partial charge in [0, 0.05) is 0 Å². The molecule has 1 aromatic rings. The zero-order valence-corrected chi connectivity index (χ0v) is 12.0. The average Bonchev–Trinajstić information content (AvgIpc) is 2.35. The number of nitrogens with one attached hydrogen (secondary N) is 1. The molecule has 3 nitrogen and oxygen atoms in total. The van der Waals surface area contributed by atoms with Crippen LogP contribution in [0.3, 0.4) is 0 Å². The van der Waals surface area contributed by atoms with Gasteiger partial charge in [-0.15, -0.1) is 0 Å². The Hall–Kier alpha value is -0.740. The minimum atomic E-state index is 0.724. The molecular weight excluding hydrogens is 282 g/mol. The quantitative estimate of drug-likeness (QED) is 0.748. The van der Waals surface area contributed by atoms with Crippen molar-refractivity contribution in [2.75, 3.05) is 26.8 Å². The fourth-order valence-corrected chi connectivity index (χ4v) is 1.88. The molecule has 1 N–H and O–H groups in total. The van der Waals surface area contributed by atoms with E-state index in [0.717, 1.165) is 42.1 Å². The molecule has 0 fully saturated rings. The molecule has 0 bridgehead atoms. The summed E-state index contributed by atoms with van der Waals surface area (Å²) in [6, 6.07) is 5.72. The van der Waals surface area contributed by atoms with Gasteiger partial charge in [-0.05, 0) is 60.1 Å². The summed E-state index contributed by atoms with van der Waals surface area (Å²) in [5, 5.41) is 3.34. The number of rotatable bonds is 8. The molecule has 1 rings (SSSR count). The maximum atomic E-state index is 5.67. The zero-order chi connectivity index (χ0) is 12.5. The van der Waals surface area contributed by atoms with E-state index in [-0.39, 0.29) is 0 Å². The van der Waals surface area contributed by atoms with Gasteiger partial charge in [0.1, 0.15) is 11.5 Å². The third-order valence-electron chi connectivity index (χ3n) is 2.32. The highest BCUT2D eigenvalue weighted by Gasteiger charge is 2.02. The van der Waals surface area contributed by atoms with Crippen LogP contribution in [0.4, 0.5) is 0 Å². The second kappa shape index (κ2) is 8.37. The molecule has 17 heavy (non-hydrogen) atoms. The predicted octanol–water partition coefficient (Wildman–Crippen LogP) is 3.23. The molecule has 0 unspecified atom stereocenters. The van der Waals surface area contributed by atoms with E-state index >= 15 is 0 Å². The number of benzene rings is 1. The number of hydrogen-bond donors (Lipinski definition) is 1. The third kappa shape index (κ3) is 5.41. The molecule has 0 amide bonds. The van der Waals surface area contributed by atoms with E-state index in [0.29, 0.717) is 0 Å². The van der Waals surface area contributed by atoms with Crippen molar-refractivity contribution in [3.05, 3.63) is 22.7 Å². The zero-order valence-electron chi connectivity index (χ0n) is 10.5. The Labute approximate surface area is 112 Å². The van der Waals surface area contributed by atoms with Crippen LogP contribution in [0.15, 0.2) is 22.7 Å². The second-order valence-electron chi connectivity index (χ2n) is 3.75. The van der Waals surface area contributed by atoms with Crippen LogP contribution in [-0.2, 0) is 0 Å². The Morgan fingerprint density at radius 1 is 1.29 bits per heavy atom. The third-order valence-corrected chi connectivity index (χ3v) is 2.94. The van der Waals surface area contributed by atoms with Crippen LogP contribution < -0.4 is 14.8 Å². The molecule has 0 heterocycles. The maximum Gasteiger partial charge on any atom is 0.133 e. The van der Waals surface area contributed by atoms with Gasteiger partial charge >= 0.3 is 0 Å². The summed E-state index contributed by atoms with van der Waals surface area (Å²) in [5.41, 5.74) is 0. The van der Waals surface area contributed by atoms with E-state index in [4.69, 9.17) is 9.47 Å². The Bertz CT molecular complexity index is 331. The summed E-state index contributed by atoms with van der Waals surface area (Å²) in [5.74, 6) is 1.69. The van der Waals surface area contributed by atoms with Crippen LogP contribution in [0.25, 0.3) is 0 Å². The van der Waals surface area contributed by atoms with Gasteiger partial charge < -0.3 is 14.8 Å². The van der Waals surface area contributed by atoms with E-state index in [9.17, 15) is 0 Å². The fourth-order valence-electron chi connectivity index (χ4n) is 1.41. The molecule has 0 spiro atoms. The van der Waals surface area contributed by atoms with Crippen LogP contribution in [0.1, 0.15) is 19.8 Å². The number of methoxy groups -OCH3 is 1. The van der Waals surface area contributed by atoms with Gasteiger partial charge in [-0.25, -0.2) is 0 Å². The lowest BCUT2D eigenvalue weighted by Crippen LogP contribution is -2.18. The van der Waals surface area contributed by atoms with Crippen LogP contribution in [0.5, 0.6) is 11.5 Å². The Kier molecular flexibility index (Phi) is 7.05. The van der Waals surface area contributed by atoms with Crippen molar-refractivity contribution >= 4 is 15.9 Å². The molecule has 96 valence electrons. The standard InChI is InChI=1S/C13H20BrNO2/c1-3-7-15-8-4-9-17-13-6-5-11(16-2)10-12(13)14/h5-6,10,15H,3-4,7-9H2,1-2H3. The molecule has 4 heteroatoms. The first-order valence-corrected chi connectivity index (χ1v) is 6.74. The monoisotopic (exact) mass is 301 g/mol. The van der Waals surface area contributed by atoms with E-state index in [2.05, 4.69) is 28.2 Å². The fraction of sp³-hybridized carbons (Fsp3) is 0.538. The summed E-state index contributed by atoms with van der Waals surface area (Å²) in [4.78, 5) is 0. The van der Waals surface area contributed by atoms with E-state index in [1.165, 1.54) is 6.42 Å². The van der Waals surface area contributed by atoms with Crippen LogP contribution in [0, 0.1) is 0 Å². The van der Waals surface area contributed by atoms with Crippen LogP contribution in [-0.4, -0.2) is 26.8 Å². The smallest absolute Gasteiger partial charge is 0.133 e. The molecule has 0 aromatic heterocycles. The molecule has 0 aliphatic heterocycles. The molecule has 0 saturated heterocycles. The van der Waals surface area contributed by atoms with Crippen molar-refractivity contribution in [2.24, 2.45) is 0 Å². The van der Waals surface area contributed by atoms with Crippen LogP contribution >= 0.6 is 15.9 Å². The summed E-state index contributed by atoms with van der Waals surface area (Å²) in [6.45, 7) is 4.97. The molecule has 0 aliphatic carbocycles. The number of hydrogen-bond acceptors (Lipinski definition) is 3. The van der Waals surface area contributed by atoms with Crippen LogP contribution in [0.2, 0.25) is 0 Å². The Morgan fingerprint density at radius 2 is 2.12 bits per heavy atom. The van der Waals surface area contributed by atoms with Crippen molar-refractivity contribution < 1.29 is 9.47 Å². The van der Waals surface area contributed by atoms with Gasteiger partial charge in [-0.1, -0.05) is 6.92 Å². The Balaban J connectivity index is 2.27. The first-order valence-electron chi connectivity index (χ1n) is 5.95. The minimum Gasteiger partial charge on any atom is -0.497 e. The molecule has 1 aromatic carbocycles. The Morgan fingerprint density at radius 3 is 2.76 bits per heavy atom. The topological polar surface area (TPSA) is 30.5 Å². The van der Waals surface area contributed by atoms with Gasteiger partial charge in [0.2, 0.25) is 0 Å². The van der Waals surface area contributed by atoms with Gasteiger partial charge in [0.15, 0.2) is 0 Å². The average molecular weight is 302 g/mol. The van der Waals surface area contributed by atoms with Gasteiger partial charge in [0.25, 0.3) is 0 Å². The first-order chi connectivity index (χ1) is 8.27. The largest absolute Gasteiger partial charge is 0.497 e. The van der Waals surface area contributed by atoms with Crippen molar-refractivity contribution in [3.8, 4) is 11.5 Å². The first kappa shape index (κ1) is 14.3. The number of halogens is 1. The summed E-state index contributed by atoms with van der Waals surface area (Å²) >= 11 is 3.46. The van der Waals surface area contributed by atoms with Crippen molar-refractivity contribution in [1.29, 1.82) is 0 Å². The lowest BCUT2D eigenvalue weighted by Gasteiger charge is -2.09. The summed E-state index contributed by atoms with van der Waals surface area (Å²) < 4.78 is 11.7. The molecule has 0 aliphatic rings. The van der Waals surface area contributed by atoms with Crippen molar-refractivity contribution in [2.45, 2.75) is 19.8 Å². The van der Waals surface area contributed by atoms with Gasteiger partial charge in [-0.2, -0.15) is 0 Å². The van der Waals surface area contributed by atoms with Crippen molar-refractivity contribution in [1.82, 2.24) is 5.32 Å². The SMILES string of the molecule is CCCNCCCOc1ccc(OC)cc1Br. The normalized spacial score (nSPS) is 10.3. The van der Waals surface area contributed by atoms with E-state index in [1.54, 1.807) is 7.11 Å².